The molecule has 0 amide bonds. The summed E-state index contributed by atoms with van der Waals surface area (Å²) in [7, 11) is 0. The quantitative estimate of drug-likeness (QED) is 0.188. The Hall–Kier alpha value is -5.22. The first-order chi connectivity index (χ1) is 22.3. The maximum absolute atomic E-state index is 2.33. The lowest BCUT2D eigenvalue weighted by Gasteiger charge is -2.26. The average molecular weight is 610 g/mol. The lowest BCUT2D eigenvalue weighted by Crippen LogP contribution is -2.09. The Morgan fingerprint density at radius 1 is 0.289 bits per heavy atom. The van der Waals surface area contributed by atoms with E-state index in [1.54, 1.807) is 0 Å². The molecule has 0 radical (unpaired) electrons. The molecule has 212 valence electrons. The minimum Gasteiger partial charge on any atom is -0.311 e. The molecule has 45 heavy (non-hydrogen) atoms. The van der Waals surface area contributed by atoms with Gasteiger partial charge in [0.2, 0.25) is 0 Å². The Morgan fingerprint density at radius 3 is 1.16 bits per heavy atom. The van der Waals surface area contributed by atoms with Gasteiger partial charge in [-0.2, -0.15) is 0 Å². The van der Waals surface area contributed by atoms with Gasteiger partial charge in [-0.15, -0.1) is 22.7 Å². The normalized spacial score (nSPS) is 11.6. The van der Waals surface area contributed by atoms with Crippen molar-refractivity contribution in [2.45, 2.75) is 0 Å². The van der Waals surface area contributed by atoms with Gasteiger partial charge in [0.1, 0.15) is 0 Å². The van der Waals surface area contributed by atoms with Crippen LogP contribution in [0.5, 0.6) is 0 Å². The topological polar surface area (TPSA) is 3.24 Å². The highest BCUT2D eigenvalue weighted by Crippen LogP contribution is 2.40. The highest BCUT2D eigenvalue weighted by atomic mass is 32.1. The van der Waals surface area contributed by atoms with Gasteiger partial charge in [-0.1, -0.05) is 103 Å². The van der Waals surface area contributed by atoms with Crippen molar-refractivity contribution in [1.82, 2.24) is 0 Å². The molecule has 2 aromatic heterocycles. The molecule has 0 saturated carbocycles. The summed E-state index contributed by atoms with van der Waals surface area (Å²) in [5.41, 5.74) is 8.32. The molecule has 1 nitrogen and oxygen atoms in total. The summed E-state index contributed by atoms with van der Waals surface area (Å²) in [4.78, 5) is 2.33. The molecule has 9 rings (SSSR count). The third kappa shape index (κ3) is 4.60. The fourth-order valence-electron chi connectivity index (χ4n) is 6.44. The number of para-hydroxylation sites is 1. The molecule has 3 heteroatoms. The van der Waals surface area contributed by atoms with Gasteiger partial charge in [-0.3, -0.25) is 0 Å². The maximum atomic E-state index is 2.33. The molecule has 0 aliphatic rings. The summed E-state index contributed by atoms with van der Waals surface area (Å²) in [6.07, 6.45) is 0. The first-order valence-corrected chi connectivity index (χ1v) is 16.8. The highest BCUT2D eigenvalue weighted by Gasteiger charge is 2.14. The lowest BCUT2D eigenvalue weighted by molar-refractivity contribution is 1.28. The lowest BCUT2D eigenvalue weighted by atomic mass is 10.0. The van der Waals surface area contributed by atoms with Gasteiger partial charge in [-0.25, -0.2) is 0 Å². The van der Waals surface area contributed by atoms with E-state index in [-0.39, 0.29) is 0 Å². The van der Waals surface area contributed by atoms with Gasteiger partial charge in [0.05, 0.1) is 0 Å². The summed E-state index contributed by atoms with van der Waals surface area (Å²) in [5.74, 6) is 0. The zero-order valence-corrected chi connectivity index (χ0v) is 26.0. The van der Waals surface area contributed by atoms with E-state index in [1.165, 1.54) is 62.6 Å². The van der Waals surface area contributed by atoms with E-state index < -0.39 is 0 Å². The van der Waals surface area contributed by atoms with Crippen molar-refractivity contribution in [3.63, 3.8) is 0 Å². The van der Waals surface area contributed by atoms with Crippen LogP contribution in [-0.2, 0) is 0 Å². The van der Waals surface area contributed by atoms with Crippen LogP contribution < -0.4 is 4.90 Å². The van der Waals surface area contributed by atoms with Gasteiger partial charge in [0.25, 0.3) is 0 Å². The van der Waals surface area contributed by atoms with Crippen LogP contribution in [0.25, 0.3) is 62.6 Å². The molecule has 0 fully saturated rings. The number of hydrogen-bond donors (Lipinski definition) is 0. The molecular formula is C42H27NS2. The third-order valence-electron chi connectivity index (χ3n) is 8.69. The number of rotatable bonds is 5. The molecule has 0 saturated heterocycles. The molecule has 9 aromatic rings. The second-order valence-corrected chi connectivity index (χ2v) is 13.6. The smallest absolute Gasteiger partial charge is 0.0462 e. The number of hydrogen-bond acceptors (Lipinski definition) is 3. The monoisotopic (exact) mass is 609 g/mol. The zero-order chi connectivity index (χ0) is 29.7. The molecule has 0 atom stereocenters. The first-order valence-electron chi connectivity index (χ1n) is 15.2. The van der Waals surface area contributed by atoms with Crippen LogP contribution in [0.4, 0.5) is 17.1 Å². The van der Waals surface area contributed by atoms with Gasteiger partial charge in [0, 0.05) is 57.4 Å². The SMILES string of the molecule is c1ccc(N(c2ccc(-c3ccc4c(c3)sc3ccccc34)cc2)c2ccc(-c3ccc4c(c3)sc3ccccc34)cc2)cc1. The number of anilines is 3. The van der Waals surface area contributed by atoms with Gasteiger partial charge < -0.3 is 4.90 Å². The van der Waals surface area contributed by atoms with Crippen LogP contribution in [0.1, 0.15) is 0 Å². The fraction of sp³-hybridized carbons (Fsp3) is 0. The Bertz CT molecular complexity index is 2310. The van der Waals surface area contributed by atoms with Crippen LogP contribution in [0.15, 0.2) is 164 Å². The van der Waals surface area contributed by atoms with Gasteiger partial charge in [-0.05, 0) is 82.9 Å². The van der Waals surface area contributed by atoms with E-state index in [9.17, 15) is 0 Å². The molecule has 0 aliphatic carbocycles. The standard InChI is InChI=1S/C42H27NS2/c1-2-8-32(9-3-1)43(33-20-14-28(15-21-33)30-18-24-37-35-10-4-6-12-39(35)44-41(37)26-30)34-22-16-29(17-23-34)31-19-25-38-36-11-5-7-13-40(36)45-42(38)27-31/h1-27H. The van der Waals surface area contributed by atoms with Crippen LogP contribution in [0, 0.1) is 0 Å². The second kappa shape index (κ2) is 10.7. The maximum Gasteiger partial charge on any atom is 0.0462 e. The molecule has 0 N–H and O–H groups in total. The van der Waals surface area contributed by atoms with E-state index >= 15 is 0 Å². The number of nitrogens with zero attached hydrogens (tertiary/aromatic N) is 1. The fourth-order valence-corrected chi connectivity index (χ4v) is 8.73. The highest BCUT2D eigenvalue weighted by molar-refractivity contribution is 7.26. The van der Waals surface area contributed by atoms with Crippen LogP contribution >= 0.6 is 22.7 Å². The van der Waals surface area contributed by atoms with Crippen molar-refractivity contribution in [3.8, 4) is 22.3 Å². The Kier molecular flexibility index (Phi) is 6.26. The third-order valence-corrected chi connectivity index (χ3v) is 11.0. The molecule has 0 aliphatic heterocycles. The number of thiophene rings is 2. The molecular weight excluding hydrogens is 583 g/mol. The van der Waals surface area contributed by atoms with Crippen molar-refractivity contribution < 1.29 is 0 Å². The summed E-state index contributed by atoms with van der Waals surface area (Å²) in [5, 5.41) is 5.34. The van der Waals surface area contributed by atoms with Crippen molar-refractivity contribution in [2.24, 2.45) is 0 Å². The Morgan fingerprint density at radius 2 is 0.667 bits per heavy atom. The van der Waals surface area contributed by atoms with E-state index in [0.29, 0.717) is 0 Å². The predicted molar refractivity (Wildman–Crippen MR) is 198 cm³/mol. The summed E-state index contributed by atoms with van der Waals surface area (Å²) in [6.45, 7) is 0. The summed E-state index contributed by atoms with van der Waals surface area (Å²) >= 11 is 3.73. The predicted octanol–water partition coefficient (Wildman–Crippen LogP) is 13.2. The van der Waals surface area contributed by atoms with Crippen molar-refractivity contribution in [3.05, 3.63) is 164 Å². The zero-order valence-electron chi connectivity index (χ0n) is 24.4. The van der Waals surface area contributed by atoms with E-state index in [2.05, 4.69) is 169 Å². The van der Waals surface area contributed by atoms with Gasteiger partial charge in [0.15, 0.2) is 0 Å². The largest absolute Gasteiger partial charge is 0.311 e. The van der Waals surface area contributed by atoms with Crippen LogP contribution in [0.2, 0.25) is 0 Å². The first kappa shape index (κ1) is 26.2. The van der Waals surface area contributed by atoms with E-state index in [1.807, 2.05) is 22.7 Å². The summed E-state index contributed by atoms with van der Waals surface area (Å²) in [6, 6.07) is 59.6. The van der Waals surface area contributed by atoms with Crippen molar-refractivity contribution in [1.29, 1.82) is 0 Å². The second-order valence-electron chi connectivity index (χ2n) is 11.4. The molecule has 0 spiro atoms. The Labute approximate surface area is 269 Å². The van der Waals surface area contributed by atoms with Gasteiger partial charge >= 0.3 is 0 Å². The minimum atomic E-state index is 1.13. The van der Waals surface area contributed by atoms with E-state index in [0.717, 1.165) is 17.1 Å². The number of benzene rings is 7. The van der Waals surface area contributed by atoms with Crippen molar-refractivity contribution >= 4 is 80.1 Å². The molecule has 0 unspecified atom stereocenters. The van der Waals surface area contributed by atoms with Crippen LogP contribution in [-0.4, -0.2) is 0 Å². The minimum absolute atomic E-state index is 1.13. The number of fused-ring (bicyclic) bond motifs is 6. The average Bonchev–Trinajstić information content (AvgIpc) is 3.67. The van der Waals surface area contributed by atoms with Crippen LogP contribution in [0.3, 0.4) is 0 Å². The summed E-state index contributed by atoms with van der Waals surface area (Å²) < 4.78 is 5.33. The molecule has 2 heterocycles. The molecule has 7 aromatic carbocycles. The Balaban J connectivity index is 1.06. The van der Waals surface area contributed by atoms with Crippen molar-refractivity contribution in [2.75, 3.05) is 4.90 Å². The van der Waals surface area contributed by atoms with E-state index in [4.69, 9.17) is 0 Å². The molecule has 0 bridgehead atoms.